The first kappa shape index (κ1) is 23.1. The molecule has 0 aliphatic carbocycles. The van der Waals surface area contributed by atoms with Crippen molar-refractivity contribution in [2.75, 3.05) is 20.7 Å². The summed E-state index contributed by atoms with van der Waals surface area (Å²) >= 11 is 0. The van der Waals surface area contributed by atoms with Crippen molar-refractivity contribution in [3.05, 3.63) is 54.1 Å². The molecule has 7 nitrogen and oxygen atoms in total. The summed E-state index contributed by atoms with van der Waals surface area (Å²) < 4.78 is 38.1. The highest BCUT2D eigenvalue weighted by Crippen LogP contribution is 2.42. The molecule has 1 unspecified atom stereocenters. The molecule has 1 amide bonds. The van der Waals surface area contributed by atoms with Crippen LogP contribution in [0.4, 0.5) is 0 Å². The van der Waals surface area contributed by atoms with E-state index in [-0.39, 0.29) is 29.0 Å². The minimum absolute atomic E-state index is 0.107. The van der Waals surface area contributed by atoms with E-state index in [4.69, 9.17) is 9.47 Å². The highest BCUT2D eigenvalue weighted by Gasteiger charge is 2.39. The van der Waals surface area contributed by atoms with Crippen LogP contribution in [0, 0.1) is 0 Å². The number of carbonyl (C=O) groups is 1. The lowest BCUT2D eigenvalue weighted by atomic mass is 9.83. The Bertz CT molecular complexity index is 1020. The van der Waals surface area contributed by atoms with Crippen molar-refractivity contribution in [2.45, 2.75) is 49.6 Å². The highest BCUT2D eigenvalue weighted by molar-refractivity contribution is 7.89. The zero-order valence-corrected chi connectivity index (χ0v) is 19.2. The van der Waals surface area contributed by atoms with Crippen molar-refractivity contribution in [2.24, 2.45) is 0 Å². The predicted molar refractivity (Wildman–Crippen MR) is 119 cm³/mol. The number of hydrogen-bond donors (Lipinski definition) is 1. The number of ether oxygens (including phenoxy) is 2. The van der Waals surface area contributed by atoms with Crippen molar-refractivity contribution in [3.63, 3.8) is 0 Å². The summed E-state index contributed by atoms with van der Waals surface area (Å²) in [6, 6.07) is 13.5. The number of rotatable bonds is 8. The average Bonchev–Trinajstić information content (AvgIpc) is 2.78. The molecule has 1 heterocycles. The zero-order valence-electron chi connectivity index (χ0n) is 18.4. The standard InChI is InChI=1S/C23H30N2O5S/c1-5-23(6-2)15-20(19-9-7-8-10-21(19)30-23)24-22(26)16-25(3)31(27,28)18-13-11-17(29-4)12-14-18/h7-14,20H,5-6,15-16H2,1-4H3,(H,24,26). The lowest BCUT2D eigenvalue weighted by molar-refractivity contribution is -0.122. The number of fused-ring (bicyclic) bond motifs is 1. The Hall–Kier alpha value is -2.58. The molecule has 168 valence electrons. The summed E-state index contributed by atoms with van der Waals surface area (Å²) in [5.41, 5.74) is 0.557. The van der Waals surface area contributed by atoms with E-state index in [0.717, 1.165) is 28.5 Å². The molecule has 1 aliphatic heterocycles. The van der Waals surface area contributed by atoms with Crippen LogP contribution in [0.25, 0.3) is 0 Å². The van der Waals surface area contributed by atoms with Gasteiger partial charge in [-0.2, -0.15) is 4.31 Å². The van der Waals surface area contributed by atoms with Crippen LogP contribution in [0.15, 0.2) is 53.4 Å². The number of benzene rings is 2. The topological polar surface area (TPSA) is 84.9 Å². The number of likely N-dealkylation sites (N-methyl/N-ethyl adjacent to an activating group) is 1. The maximum absolute atomic E-state index is 12.8. The minimum atomic E-state index is -3.80. The summed E-state index contributed by atoms with van der Waals surface area (Å²) in [6.45, 7) is 3.87. The molecule has 0 saturated heterocycles. The first-order chi connectivity index (χ1) is 14.7. The van der Waals surface area contributed by atoms with E-state index in [1.807, 2.05) is 24.3 Å². The Kier molecular flexibility index (Phi) is 6.91. The molecule has 3 rings (SSSR count). The van der Waals surface area contributed by atoms with Crippen LogP contribution < -0.4 is 14.8 Å². The van der Waals surface area contributed by atoms with E-state index >= 15 is 0 Å². The summed E-state index contributed by atoms with van der Waals surface area (Å²) in [4.78, 5) is 12.9. The van der Waals surface area contributed by atoms with Gasteiger partial charge in [0.25, 0.3) is 0 Å². The second-order valence-electron chi connectivity index (χ2n) is 7.79. The average molecular weight is 447 g/mol. The van der Waals surface area contributed by atoms with Gasteiger partial charge in [0.1, 0.15) is 17.1 Å². The van der Waals surface area contributed by atoms with Gasteiger partial charge in [0.05, 0.1) is 24.6 Å². The van der Waals surface area contributed by atoms with Crippen LogP contribution in [-0.4, -0.2) is 44.9 Å². The fraction of sp³-hybridized carbons (Fsp3) is 0.435. The van der Waals surface area contributed by atoms with Crippen molar-refractivity contribution >= 4 is 15.9 Å². The fourth-order valence-corrected chi connectivity index (χ4v) is 5.01. The normalized spacial score (nSPS) is 17.5. The molecule has 0 saturated carbocycles. The van der Waals surface area contributed by atoms with E-state index in [9.17, 15) is 13.2 Å². The maximum Gasteiger partial charge on any atom is 0.243 e. The number of nitrogens with one attached hydrogen (secondary N) is 1. The van der Waals surface area contributed by atoms with Crippen LogP contribution in [0.2, 0.25) is 0 Å². The van der Waals surface area contributed by atoms with E-state index in [0.29, 0.717) is 12.2 Å². The minimum Gasteiger partial charge on any atom is -0.497 e. The van der Waals surface area contributed by atoms with Gasteiger partial charge in [-0.25, -0.2) is 8.42 Å². The maximum atomic E-state index is 12.8. The molecule has 1 aliphatic rings. The third-order valence-electron chi connectivity index (χ3n) is 5.95. The van der Waals surface area contributed by atoms with Gasteiger partial charge < -0.3 is 14.8 Å². The molecule has 0 radical (unpaired) electrons. The number of amides is 1. The summed E-state index contributed by atoms with van der Waals surface area (Å²) in [5, 5.41) is 3.03. The van der Waals surface area contributed by atoms with Crippen LogP contribution in [0.5, 0.6) is 11.5 Å². The highest BCUT2D eigenvalue weighted by atomic mass is 32.2. The van der Waals surface area contributed by atoms with E-state index in [1.54, 1.807) is 12.1 Å². The number of nitrogens with zero attached hydrogens (tertiary/aromatic N) is 1. The molecule has 0 aromatic heterocycles. The van der Waals surface area contributed by atoms with Crippen LogP contribution in [0.1, 0.15) is 44.7 Å². The first-order valence-electron chi connectivity index (χ1n) is 10.4. The van der Waals surface area contributed by atoms with Gasteiger partial charge in [0, 0.05) is 19.0 Å². The first-order valence-corrected chi connectivity index (χ1v) is 11.9. The Labute approximate surface area is 184 Å². The number of para-hydroxylation sites is 1. The molecule has 0 fully saturated rings. The third kappa shape index (κ3) is 4.85. The van der Waals surface area contributed by atoms with E-state index in [2.05, 4.69) is 19.2 Å². The van der Waals surface area contributed by atoms with Gasteiger partial charge in [-0.15, -0.1) is 0 Å². The predicted octanol–water partition coefficient (Wildman–Crippen LogP) is 3.51. The second-order valence-corrected chi connectivity index (χ2v) is 9.84. The smallest absolute Gasteiger partial charge is 0.243 e. The fourth-order valence-electron chi connectivity index (χ4n) is 3.88. The van der Waals surface area contributed by atoms with Crippen LogP contribution in [-0.2, 0) is 14.8 Å². The lowest BCUT2D eigenvalue weighted by Gasteiger charge is -2.41. The van der Waals surface area contributed by atoms with Crippen LogP contribution >= 0.6 is 0 Å². The summed E-state index contributed by atoms with van der Waals surface area (Å²) in [6.07, 6.45) is 2.27. The lowest BCUT2D eigenvalue weighted by Crippen LogP contribution is -2.46. The molecular weight excluding hydrogens is 416 g/mol. The van der Waals surface area contributed by atoms with Crippen molar-refractivity contribution in [1.82, 2.24) is 9.62 Å². The molecule has 2 aromatic carbocycles. The Morgan fingerprint density at radius 2 is 1.81 bits per heavy atom. The largest absolute Gasteiger partial charge is 0.497 e. The number of methoxy groups -OCH3 is 1. The molecule has 1 atom stereocenters. The molecule has 8 heteroatoms. The number of carbonyl (C=O) groups excluding carboxylic acids is 1. The van der Waals surface area contributed by atoms with Gasteiger partial charge in [0.2, 0.25) is 15.9 Å². The number of hydrogen-bond acceptors (Lipinski definition) is 5. The molecule has 0 bridgehead atoms. The molecule has 31 heavy (non-hydrogen) atoms. The van der Waals surface area contributed by atoms with Crippen LogP contribution in [0.3, 0.4) is 0 Å². The molecule has 2 aromatic rings. The SMILES string of the molecule is CCC1(CC)CC(NC(=O)CN(C)S(=O)(=O)c2ccc(OC)cc2)c2ccccc2O1. The zero-order chi connectivity index (χ0) is 22.6. The summed E-state index contributed by atoms with van der Waals surface area (Å²) in [5.74, 6) is 0.970. The van der Waals surface area contributed by atoms with Gasteiger partial charge in [-0.1, -0.05) is 32.0 Å². The second kappa shape index (κ2) is 9.28. The van der Waals surface area contributed by atoms with Gasteiger partial charge >= 0.3 is 0 Å². The molecule has 1 N–H and O–H groups in total. The molecular formula is C23H30N2O5S. The van der Waals surface area contributed by atoms with Gasteiger partial charge in [-0.3, -0.25) is 4.79 Å². The van der Waals surface area contributed by atoms with Gasteiger partial charge in [-0.05, 0) is 43.2 Å². The Balaban J connectivity index is 1.74. The third-order valence-corrected chi connectivity index (χ3v) is 7.77. The Morgan fingerprint density at radius 3 is 2.42 bits per heavy atom. The van der Waals surface area contributed by atoms with Gasteiger partial charge in [0.15, 0.2) is 0 Å². The van der Waals surface area contributed by atoms with E-state index < -0.39 is 10.0 Å². The number of sulfonamides is 1. The quantitative estimate of drug-likeness (QED) is 0.671. The Morgan fingerprint density at radius 1 is 1.16 bits per heavy atom. The van der Waals surface area contributed by atoms with E-state index in [1.165, 1.54) is 26.3 Å². The monoisotopic (exact) mass is 446 g/mol. The van der Waals surface area contributed by atoms with Crippen molar-refractivity contribution < 1.29 is 22.7 Å². The van der Waals surface area contributed by atoms with Crippen molar-refractivity contribution in [1.29, 1.82) is 0 Å². The van der Waals surface area contributed by atoms with Crippen molar-refractivity contribution in [3.8, 4) is 11.5 Å². The molecule has 0 spiro atoms. The summed E-state index contributed by atoms with van der Waals surface area (Å²) in [7, 11) is -0.884.